The molecule has 1 aromatic carbocycles. The van der Waals surface area contributed by atoms with E-state index in [2.05, 4.69) is 41.1 Å². The maximum atomic E-state index is 12.8. The number of carbonyl (C=O) groups excluding carboxylic acids is 2. The van der Waals surface area contributed by atoms with Crippen molar-refractivity contribution in [1.82, 2.24) is 19.7 Å². The Morgan fingerprint density at radius 2 is 1.65 bits per heavy atom. The molecule has 0 N–H and O–H groups in total. The molecule has 166 valence electrons. The summed E-state index contributed by atoms with van der Waals surface area (Å²) < 4.78 is 5.31. The van der Waals surface area contributed by atoms with Crippen molar-refractivity contribution < 1.29 is 14.3 Å². The summed E-state index contributed by atoms with van der Waals surface area (Å²) in [6.45, 7) is 7.94. The van der Waals surface area contributed by atoms with E-state index >= 15 is 0 Å². The molecule has 2 saturated heterocycles. The van der Waals surface area contributed by atoms with Gasteiger partial charge in [0.1, 0.15) is 5.01 Å². The lowest BCUT2D eigenvalue weighted by atomic mass is 10.1. The molecule has 0 atom stereocenters. The molecule has 3 heterocycles. The van der Waals surface area contributed by atoms with Gasteiger partial charge in [0.2, 0.25) is 11.8 Å². The van der Waals surface area contributed by atoms with Gasteiger partial charge in [-0.1, -0.05) is 31.2 Å². The maximum Gasteiger partial charge on any atom is 0.236 e. The molecule has 2 aliphatic heterocycles. The van der Waals surface area contributed by atoms with Gasteiger partial charge in [0.05, 0.1) is 31.9 Å². The molecular formula is C23H30N4O3S. The summed E-state index contributed by atoms with van der Waals surface area (Å²) in [6, 6.07) is 8.46. The van der Waals surface area contributed by atoms with Crippen molar-refractivity contribution in [3.63, 3.8) is 0 Å². The van der Waals surface area contributed by atoms with Gasteiger partial charge in [0.25, 0.3) is 0 Å². The van der Waals surface area contributed by atoms with Gasteiger partial charge in [-0.05, 0) is 12.0 Å². The van der Waals surface area contributed by atoms with Gasteiger partial charge in [-0.2, -0.15) is 0 Å². The Balaban J connectivity index is 1.24. The van der Waals surface area contributed by atoms with Crippen LogP contribution in [0, 0.1) is 0 Å². The summed E-state index contributed by atoms with van der Waals surface area (Å²) in [5, 5.41) is 2.94. The monoisotopic (exact) mass is 442 g/mol. The van der Waals surface area contributed by atoms with E-state index in [1.54, 1.807) is 11.3 Å². The first-order valence-corrected chi connectivity index (χ1v) is 11.9. The standard InChI is InChI=1S/C23H30N4O3S/c1-2-18-3-5-19(6-4-18)23-24-20(17-31-23)15-21(28)26-9-7-25(8-10-26)16-22(29)27-11-13-30-14-12-27/h3-6,17H,2,7-16H2,1H3. The number of ether oxygens (including phenoxy) is 1. The number of hydrogen-bond donors (Lipinski definition) is 0. The van der Waals surface area contributed by atoms with Crippen LogP contribution >= 0.6 is 11.3 Å². The van der Waals surface area contributed by atoms with Crippen LogP contribution < -0.4 is 0 Å². The van der Waals surface area contributed by atoms with Crippen molar-refractivity contribution in [3.8, 4) is 10.6 Å². The fourth-order valence-corrected chi connectivity index (χ4v) is 4.76. The van der Waals surface area contributed by atoms with E-state index in [0.717, 1.165) is 35.8 Å². The van der Waals surface area contributed by atoms with Crippen molar-refractivity contribution in [2.24, 2.45) is 0 Å². The molecule has 1 aromatic heterocycles. The van der Waals surface area contributed by atoms with Crippen LogP contribution in [0.5, 0.6) is 0 Å². The Labute approximate surface area is 187 Å². The highest BCUT2D eigenvalue weighted by Crippen LogP contribution is 2.24. The molecule has 0 bridgehead atoms. The van der Waals surface area contributed by atoms with E-state index < -0.39 is 0 Å². The molecule has 0 aliphatic carbocycles. The molecule has 0 unspecified atom stereocenters. The summed E-state index contributed by atoms with van der Waals surface area (Å²) in [7, 11) is 0. The zero-order chi connectivity index (χ0) is 21.6. The normalized spacial score (nSPS) is 17.7. The number of hydrogen-bond acceptors (Lipinski definition) is 6. The third kappa shape index (κ3) is 5.70. The smallest absolute Gasteiger partial charge is 0.236 e. The van der Waals surface area contributed by atoms with Gasteiger partial charge in [0, 0.05) is 50.2 Å². The second-order valence-electron chi connectivity index (χ2n) is 8.02. The van der Waals surface area contributed by atoms with Crippen LogP contribution in [-0.4, -0.2) is 90.5 Å². The number of piperazine rings is 1. The first kappa shape index (κ1) is 21.9. The Morgan fingerprint density at radius 3 is 2.32 bits per heavy atom. The number of thiazole rings is 1. The molecule has 2 aromatic rings. The minimum Gasteiger partial charge on any atom is -0.378 e. The number of carbonyl (C=O) groups is 2. The first-order valence-electron chi connectivity index (χ1n) is 11.0. The summed E-state index contributed by atoms with van der Waals surface area (Å²) in [4.78, 5) is 35.8. The largest absolute Gasteiger partial charge is 0.378 e. The number of benzene rings is 1. The number of morpholine rings is 1. The molecule has 4 rings (SSSR count). The molecule has 31 heavy (non-hydrogen) atoms. The summed E-state index contributed by atoms with van der Waals surface area (Å²) >= 11 is 1.58. The average molecular weight is 443 g/mol. The fraction of sp³-hybridized carbons (Fsp3) is 0.522. The van der Waals surface area contributed by atoms with Crippen LogP contribution in [0.25, 0.3) is 10.6 Å². The van der Waals surface area contributed by atoms with Crippen LogP contribution in [0.4, 0.5) is 0 Å². The number of aromatic nitrogens is 1. The average Bonchev–Trinajstić information content (AvgIpc) is 3.28. The maximum absolute atomic E-state index is 12.8. The number of amides is 2. The topological polar surface area (TPSA) is 66.0 Å². The van der Waals surface area contributed by atoms with Gasteiger partial charge in [-0.3, -0.25) is 14.5 Å². The Hall–Kier alpha value is -2.29. The highest BCUT2D eigenvalue weighted by atomic mass is 32.1. The Kier molecular flexibility index (Phi) is 7.32. The predicted molar refractivity (Wildman–Crippen MR) is 121 cm³/mol. The van der Waals surface area contributed by atoms with Gasteiger partial charge < -0.3 is 14.5 Å². The van der Waals surface area contributed by atoms with E-state index in [1.807, 2.05) is 15.2 Å². The Morgan fingerprint density at radius 1 is 0.968 bits per heavy atom. The van der Waals surface area contributed by atoms with Crippen molar-refractivity contribution >= 4 is 23.2 Å². The molecular weight excluding hydrogens is 412 g/mol. The van der Waals surface area contributed by atoms with Crippen LogP contribution in [-0.2, 0) is 27.2 Å². The third-order valence-electron chi connectivity index (χ3n) is 5.94. The fourth-order valence-electron chi connectivity index (χ4n) is 3.93. The third-order valence-corrected chi connectivity index (χ3v) is 6.88. The zero-order valence-electron chi connectivity index (χ0n) is 18.1. The highest BCUT2D eigenvalue weighted by Gasteiger charge is 2.25. The van der Waals surface area contributed by atoms with E-state index in [4.69, 9.17) is 4.74 Å². The molecule has 2 amide bonds. The summed E-state index contributed by atoms with van der Waals surface area (Å²) in [5.41, 5.74) is 3.23. The van der Waals surface area contributed by atoms with Crippen LogP contribution in [0.1, 0.15) is 18.2 Å². The summed E-state index contributed by atoms with van der Waals surface area (Å²) in [6.07, 6.45) is 1.35. The lowest BCUT2D eigenvalue weighted by Crippen LogP contribution is -2.52. The molecule has 0 spiro atoms. The number of aryl methyl sites for hydroxylation is 1. The van der Waals surface area contributed by atoms with Gasteiger partial charge in [-0.25, -0.2) is 4.98 Å². The van der Waals surface area contributed by atoms with Crippen molar-refractivity contribution in [1.29, 1.82) is 0 Å². The molecule has 2 fully saturated rings. The Bertz CT molecular complexity index is 884. The number of nitrogens with zero attached hydrogens (tertiary/aromatic N) is 4. The lowest BCUT2D eigenvalue weighted by Gasteiger charge is -2.36. The molecule has 8 heteroatoms. The van der Waals surface area contributed by atoms with Crippen molar-refractivity contribution in [2.75, 3.05) is 59.0 Å². The number of rotatable bonds is 6. The van der Waals surface area contributed by atoms with E-state index in [0.29, 0.717) is 52.4 Å². The van der Waals surface area contributed by atoms with E-state index in [9.17, 15) is 9.59 Å². The summed E-state index contributed by atoms with van der Waals surface area (Å²) in [5.74, 6) is 0.266. The van der Waals surface area contributed by atoms with Crippen LogP contribution in [0.15, 0.2) is 29.6 Å². The van der Waals surface area contributed by atoms with Crippen LogP contribution in [0.3, 0.4) is 0 Å². The SMILES string of the molecule is CCc1ccc(-c2nc(CC(=O)N3CCN(CC(=O)N4CCOCC4)CC3)cs2)cc1. The highest BCUT2D eigenvalue weighted by molar-refractivity contribution is 7.13. The first-order chi connectivity index (χ1) is 15.1. The van der Waals surface area contributed by atoms with Gasteiger partial charge in [-0.15, -0.1) is 11.3 Å². The van der Waals surface area contributed by atoms with Crippen molar-refractivity contribution in [3.05, 3.63) is 40.9 Å². The zero-order valence-corrected chi connectivity index (χ0v) is 18.9. The van der Waals surface area contributed by atoms with Gasteiger partial charge >= 0.3 is 0 Å². The lowest BCUT2D eigenvalue weighted by molar-refractivity contribution is -0.137. The second kappa shape index (κ2) is 10.3. The molecule has 2 aliphatic rings. The van der Waals surface area contributed by atoms with Crippen LogP contribution in [0.2, 0.25) is 0 Å². The van der Waals surface area contributed by atoms with Gasteiger partial charge in [0.15, 0.2) is 0 Å². The minimum atomic E-state index is 0.109. The van der Waals surface area contributed by atoms with Crippen molar-refractivity contribution in [2.45, 2.75) is 19.8 Å². The van der Waals surface area contributed by atoms with E-state index in [-0.39, 0.29) is 11.8 Å². The second-order valence-corrected chi connectivity index (χ2v) is 8.88. The molecule has 7 nitrogen and oxygen atoms in total. The van der Waals surface area contributed by atoms with E-state index in [1.165, 1.54) is 5.56 Å². The quantitative estimate of drug-likeness (QED) is 0.684. The minimum absolute atomic E-state index is 0.109. The predicted octanol–water partition coefficient (Wildman–Crippen LogP) is 1.92. The molecule has 0 saturated carbocycles. The molecule has 0 radical (unpaired) electrons.